The molecule has 2 nitrogen and oxygen atoms in total. The summed E-state index contributed by atoms with van der Waals surface area (Å²) in [6.07, 6.45) is 0.140. The number of alkyl halides is 2. The van der Waals surface area contributed by atoms with Crippen molar-refractivity contribution in [2.75, 3.05) is 0 Å². The summed E-state index contributed by atoms with van der Waals surface area (Å²) in [4.78, 5) is 0. The summed E-state index contributed by atoms with van der Waals surface area (Å²) in [6.45, 7) is 10.1. The van der Waals surface area contributed by atoms with Crippen LogP contribution in [0.15, 0.2) is 0 Å². The number of hydrogen-bond donors (Lipinski definition) is 1. The highest BCUT2D eigenvalue weighted by Crippen LogP contribution is 2.45. The topological polar surface area (TPSA) is 21.3 Å². The molecule has 0 spiro atoms. The van der Waals surface area contributed by atoms with Gasteiger partial charge in [-0.15, -0.1) is 0 Å². The van der Waals surface area contributed by atoms with E-state index in [0.717, 1.165) is 0 Å². The zero-order chi connectivity index (χ0) is 10.6. The van der Waals surface area contributed by atoms with Gasteiger partial charge in [-0.2, -0.15) is 0 Å². The standard InChI is InChI=1S/C8H18Cl2NOP/c1-6(2)12-13(7(9)10)11-8(3,4)5/h6-7,11H,1-5H3. The highest BCUT2D eigenvalue weighted by Gasteiger charge is 2.24. The summed E-state index contributed by atoms with van der Waals surface area (Å²) < 4.78 is 5.09. The Labute approximate surface area is 92.2 Å². The van der Waals surface area contributed by atoms with Gasteiger partial charge >= 0.3 is 0 Å². The van der Waals surface area contributed by atoms with E-state index in [1.54, 1.807) is 0 Å². The van der Waals surface area contributed by atoms with Gasteiger partial charge in [0, 0.05) is 5.54 Å². The summed E-state index contributed by atoms with van der Waals surface area (Å²) in [5, 5.41) is 3.27. The molecule has 0 fully saturated rings. The van der Waals surface area contributed by atoms with E-state index in [0.29, 0.717) is 0 Å². The Morgan fingerprint density at radius 3 is 1.92 bits per heavy atom. The molecule has 0 aromatic heterocycles. The van der Waals surface area contributed by atoms with E-state index in [9.17, 15) is 0 Å². The van der Waals surface area contributed by atoms with Crippen LogP contribution in [0.1, 0.15) is 34.6 Å². The molecule has 0 aromatic rings. The Morgan fingerprint density at radius 2 is 1.69 bits per heavy atom. The van der Waals surface area contributed by atoms with Gasteiger partial charge in [0.2, 0.25) is 0 Å². The molecule has 0 bridgehead atoms. The van der Waals surface area contributed by atoms with Crippen molar-refractivity contribution in [3.05, 3.63) is 0 Å². The van der Waals surface area contributed by atoms with Gasteiger partial charge in [-0.1, -0.05) is 23.2 Å². The third-order valence-corrected chi connectivity index (χ3v) is 3.91. The third kappa shape index (κ3) is 7.96. The molecule has 0 rings (SSSR count). The summed E-state index contributed by atoms with van der Waals surface area (Å²) in [6, 6.07) is 0. The Balaban J connectivity index is 4.11. The van der Waals surface area contributed by atoms with E-state index in [2.05, 4.69) is 25.9 Å². The van der Waals surface area contributed by atoms with Gasteiger partial charge in [-0.05, 0) is 34.6 Å². The van der Waals surface area contributed by atoms with Gasteiger partial charge in [-0.3, -0.25) is 5.09 Å². The predicted octanol–water partition coefficient (Wildman–Crippen LogP) is 3.87. The quantitative estimate of drug-likeness (QED) is 0.600. The average molecular weight is 246 g/mol. The first kappa shape index (κ1) is 13.9. The highest BCUT2D eigenvalue weighted by atomic mass is 35.5. The first-order valence-electron chi connectivity index (χ1n) is 4.24. The van der Waals surface area contributed by atoms with Crippen LogP contribution in [0.4, 0.5) is 0 Å². The SMILES string of the molecule is CC(C)OP(NC(C)(C)C)C(Cl)Cl. The maximum absolute atomic E-state index is 5.80. The molecule has 0 aliphatic rings. The van der Waals surface area contributed by atoms with Gasteiger partial charge in [0.1, 0.15) is 8.30 Å². The maximum Gasteiger partial charge on any atom is 0.165 e. The van der Waals surface area contributed by atoms with E-state index in [1.165, 1.54) is 0 Å². The summed E-state index contributed by atoms with van der Waals surface area (Å²) in [7, 11) is -0.966. The molecule has 1 N–H and O–H groups in total. The van der Waals surface area contributed by atoms with Crippen molar-refractivity contribution in [1.29, 1.82) is 0 Å². The molecule has 0 aliphatic heterocycles. The second-order valence-electron chi connectivity index (χ2n) is 4.12. The average Bonchev–Trinajstić information content (AvgIpc) is 1.81. The number of halogens is 2. The smallest absolute Gasteiger partial charge is 0.165 e. The van der Waals surface area contributed by atoms with Crippen LogP contribution < -0.4 is 5.09 Å². The molecule has 0 heterocycles. The Bertz CT molecular complexity index is 148. The van der Waals surface area contributed by atoms with Crippen molar-refractivity contribution in [2.24, 2.45) is 0 Å². The minimum Gasteiger partial charge on any atom is -0.339 e. The van der Waals surface area contributed by atoms with Crippen molar-refractivity contribution in [3.8, 4) is 0 Å². The molecule has 13 heavy (non-hydrogen) atoms. The summed E-state index contributed by atoms with van der Waals surface area (Å²) >= 11 is 11.6. The van der Waals surface area contributed by atoms with Crippen LogP contribution in [0.3, 0.4) is 0 Å². The molecule has 80 valence electrons. The van der Waals surface area contributed by atoms with Crippen LogP contribution in [0.2, 0.25) is 0 Å². The summed E-state index contributed by atoms with van der Waals surface area (Å²) in [5.74, 6) is 0. The number of nitrogens with one attached hydrogen (secondary N) is 1. The first-order chi connectivity index (χ1) is 5.72. The van der Waals surface area contributed by atoms with Crippen LogP contribution in [0.5, 0.6) is 0 Å². The van der Waals surface area contributed by atoms with Gasteiger partial charge < -0.3 is 4.52 Å². The van der Waals surface area contributed by atoms with Gasteiger partial charge in [0.05, 0.1) is 6.10 Å². The first-order valence-corrected chi connectivity index (χ1v) is 6.44. The lowest BCUT2D eigenvalue weighted by molar-refractivity contribution is 0.261. The van der Waals surface area contributed by atoms with E-state index >= 15 is 0 Å². The van der Waals surface area contributed by atoms with Crippen molar-refractivity contribution in [1.82, 2.24) is 5.09 Å². The molecule has 0 aliphatic carbocycles. The Kier molecular flexibility index (Phi) is 6.13. The minimum atomic E-state index is -0.966. The maximum atomic E-state index is 5.80. The van der Waals surface area contributed by atoms with Crippen LogP contribution >= 0.6 is 31.5 Å². The lowest BCUT2D eigenvalue weighted by Gasteiger charge is -2.29. The summed E-state index contributed by atoms with van der Waals surface area (Å²) in [5.41, 5.74) is -0.0252. The van der Waals surface area contributed by atoms with Gasteiger partial charge in [0.15, 0.2) is 4.58 Å². The Morgan fingerprint density at radius 1 is 1.23 bits per heavy atom. The molecule has 0 saturated carbocycles. The van der Waals surface area contributed by atoms with Crippen molar-refractivity contribution in [2.45, 2.75) is 50.8 Å². The molecular weight excluding hydrogens is 228 g/mol. The predicted molar refractivity (Wildman–Crippen MR) is 61.5 cm³/mol. The van der Waals surface area contributed by atoms with Crippen molar-refractivity contribution in [3.63, 3.8) is 0 Å². The van der Waals surface area contributed by atoms with Crippen LogP contribution in [0, 0.1) is 0 Å². The molecule has 1 atom stereocenters. The fourth-order valence-electron chi connectivity index (χ4n) is 0.679. The molecule has 0 saturated heterocycles. The molecule has 0 amide bonds. The second kappa shape index (κ2) is 5.72. The van der Waals surface area contributed by atoms with Crippen LogP contribution in [0.25, 0.3) is 0 Å². The minimum absolute atomic E-state index is 0.0252. The van der Waals surface area contributed by atoms with Crippen molar-refractivity contribution < 1.29 is 4.52 Å². The molecule has 0 radical (unpaired) electrons. The largest absolute Gasteiger partial charge is 0.339 e. The molecular formula is C8H18Cl2NOP. The van der Waals surface area contributed by atoms with Gasteiger partial charge in [-0.25, -0.2) is 0 Å². The molecule has 0 aromatic carbocycles. The monoisotopic (exact) mass is 245 g/mol. The third-order valence-electron chi connectivity index (χ3n) is 0.947. The van der Waals surface area contributed by atoms with E-state index in [-0.39, 0.29) is 11.6 Å². The lowest BCUT2D eigenvalue weighted by Crippen LogP contribution is -2.33. The van der Waals surface area contributed by atoms with E-state index < -0.39 is 12.9 Å². The van der Waals surface area contributed by atoms with Gasteiger partial charge in [0.25, 0.3) is 0 Å². The molecule has 1 unspecified atom stereocenters. The highest BCUT2D eigenvalue weighted by molar-refractivity contribution is 7.55. The van der Waals surface area contributed by atoms with Crippen molar-refractivity contribution >= 4 is 31.5 Å². The number of hydrogen-bond acceptors (Lipinski definition) is 2. The fourth-order valence-corrected chi connectivity index (χ4v) is 2.61. The Hall–Kier alpha value is 0.930. The number of rotatable bonds is 4. The zero-order valence-electron chi connectivity index (χ0n) is 8.77. The molecule has 5 heteroatoms. The van der Waals surface area contributed by atoms with Crippen LogP contribution in [-0.2, 0) is 4.52 Å². The van der Waals surface area contributed by atoms with Crippen LogP contribution in [-0.4, -0.2) is 16.2 Å². The normalized spacial score (nSPS) is 15.5. The second-order valence-corrected chi connectivity index (χ2v) is 7.43. The zero-order valence-corrected chi connectivity index (χ0v) is 11.2. The fraction of sp³-hybridized carbons (Fsp3) is 1.00. The van der Waals surface area contributed by atoms with E-state index in [1.807, 2.05) is 13.8 Å². The van der Waals surface area contributed by atoms with E-state index in [4.69, 9.17) is 27.7 Å². The lowest BCUT2D eigenvalue weighted by atomic mass is 10.1.